The molecule has 1 aliphatic heterocycles. The number of carbonyl (C=O) groups excluding carboxylic acids is 1. The van der Waals surface area contributed by atoms with Gasteiger partial charge in [0.25, 0.3) is 5.56 Å². The van der Waals surface area contributed by atoms with E-state index >= 15 is 0 Å². The maximum absolute atomic E-state index is 13.1. The van der Waals surface area contributed by atoms with Gasteiger partial charge in [0.05, 0.1) is 17.1 Å². The molecule has 28 heavy (non-hydrogen) atoms. The highest BCUT2D eigenvalue weighted by Gasteiger charge is 2.37. The van der Waals surface area contributed by atoms with Gasteiger partial charge in [-0.2, -0.15) is 0 Å². The third-order valence-electron chi connectivity index (χ3n) is 4.91. The molecule has 146 valence electrons. The van der Waals surface area contributed by atoms with Crippen molar-refractivity contribution in [3.63, 3.8) is 0 Å². The Morgan fingerprint density at radius 2 is 1.96 bits per heavy atom. The number of rotatable bonds is 4. The van der Waals surface area contributed by atoms with Crippen LogP contribution in [0.4, 0.5) is 5.82 Å². The van der Waals surface area contributed by atoms with Crippen molar-refractivity contribution in [3.8, 4) is 0 Å². The number of allylic oxidation sites excluding steroid dienone is 1. The highest BCUT2D eigenvalue weighted by molar-refractivity contribution is 5.94. The lowest BCUT2D eigenvalue weighted by atomic mass is 9.82. The second-order valence-corrected chi connectivity index (χ2v) is 6.87. The summed E-state index contributed by atoms with van der Waals surface area (Å²) >= 11 is 0. The van der Waals surface area contributed by atoms with Crippen molar-refractivity contribution in [2.75, 3.05) is 11.9 Å². The van der Waals surface area contributed by atoms with E-state index in [-0.39, 0.29) is 6.61 Å². The van der Waals surface area contributed by atoms with Crippen LogP contribution in [0.2, 0.25) is 0 Å². The van der Waals surface area contributed by atoms with Gasteiger partial charge in [-0.3, -0.25) is 13.9 Å². The fourth-order valence-electron chi connectivity index (χ4n) is 3.55. The van der Waals surface area contributed by atoms with Gasteiger partial charge >= 0.3 is 11.7 Å². The smallest absolute Gasteiger partial charge is 0.337 e. The maximum Gasteiger partial charge on any atom is 0.337 e. The predicted molar refractivity (Wildman–Crippen MR) is 107 cm³/mol. The van der Waals surface area contributed by atoms with Crippen LogP contribution in [0, 0.1) is 6.92 Å². The first-order valence-corrected chi connectivity index (χ1v) is 8.90. The fourth-order valence-corrected chi connectivity index (χ4v) is 3.55. The largest absolute Gasteiger partial charge is 0.458 e. The minimum atomic E-state index is -0.654. The normalized spacial score (nSPS) is 15.6. The lowest BCUT2D eigenvalue weighted by Crippen LogP contribution is -2.43. The van der Waals surface area contributed by atoms with Gasteiger partial charge in [0.15, 0.2) is 0 Å². The average Bonchev–Trinajstić information content (AvgIpc) is 2.67. The second-order valence-electron chi connectivity index (χ2n) is 6.87. The van der Waals surface area contributed by atoms with Crippen LogP contribution in [-0.4, -0.2) is 21.7 Å². The lowest BCUT2D eigenvalue weighted by Gasteiger charge is -2.31. The van der Waals surface area contributed by atoms with Crippen LogP contribution in [0.5, 0.6) is 0 Å². The third-order valence-corrected chi connectivity index (χ3v) is 4.91. The van der Waals surface area contributed by atoms with Crippen molar-refractivity contribution >= 4 is 11.8 Å². The minimum absolute atomic E-state index is 0.0638. The maximum atomic E-state index is 13.1. The number of aryl methyl sites for hydroxylation is 1. The molecule has 0 aliphatic carbocycles. The summed E-state index contributed by atoms with van der Waals surface area (Å²) < 4.78 is 7.73. The van der Waals surface area contributed by atoms with E-state index in [9.17, 15) is 14.4 Å². The van der Waals surface area contributed by atoms with Crippen LogP contribution in [0.3, 0.4) is 0 Å². The predicted octanol–water partition coefficient (Wildman–Crippen LogP) is 1.95. The molecule has 1 atom stereocenters. The molecule has 2 aromatic rings. The zero-order chi connectivity index (χ0) is 20.6. The van der Waals surface area contributed by atoms with E-state index < -0.39 is 23.1 Å². The number of hydrogen-bond acceptors (Lipinski definition) is 5. The molecule has 7 heteroatoms. The van der Waals surface area contributed by atoms with E-state index in [1.807, 2.05) is 31.2 Å². The highest BCUT2D eigenvalue weighted by atomic mass is 16.5. The van der Waals surface area contributed by atoms with Gasteiger partial charge in [-0.25, -0.2) is 9.59 Å². The van der Waals surface area contributed by atoms with E-state index in [1.165, 1.54) is 17.7 Å². The first-order valence-electron chi connectivity index (χ1n) is 8.90. The molecule has 0 saturated heterocycles. The Kier molecular flexibility index (Phi) is 5.09. The standard InChI is InChI=1S/C21H23N3O4/c1-6-10-28-20(26)15-13(3)22-18-17(19(25)24(5)21(27)23(18)4)16(15)14-9-7-8-12(2)11-14/h6-9,11,16,22H,1,10H2,2-5H3/t16-/m1/s1. The van der Waals surface area contributed by atoms with E-state index in [4.69, 9.17) is 4.74 Å². The summed E-state index contributed by atoms with van der Waals surface area (Å²) in [7, 11) is 3.02. The molecule has 0 spiro atoms. The zero-order valence-corrected chi connectivity index (χ0v) is 16.4. The SMILES string of the molecule is C=CCOC(=O)C1=C(C)Nc2c(c(=O)n(C)c(=O)n2C)[C@@H]1c1cccc(C)c1. The van der Waals surface area contributed by atoms with Crippen molar-refractivity contribution in [1.82, 2.24) is 9.13 Å². The topological polar surface area (TPSA) is 82.3 Å². The quantitative estimate of drug-likeness (QED) is 0.647. The molecular formula is C21H23N3O4. The van der Waals surface area contributed by atoms with Crippen LogP contribution in [0.15, 0.2) is 57.8 Å². The Labute approximate surface area is 162 Å². The second kappa shape index (κ2) is 7.34. The van der Waals surface area contributed by atoms with Gasteiger partial charge in [0, 0.05) is 19.8 Å². The number of benzene rings is 1. The number of fused-ring (bicyclic) bond motifs is 1. The third kappa shape index (κ3) is 3.09. The Balaban J connectivity index is 2.35. The Morgan fingerprint density at radius 3 is 2.61 bits per heavy atom. The van der Waals surface area contributed by atoms with Gasteiger partial charge in [0.2, 0.25) is 0 Å². The van der Waals surface area contributed by atoms with Crippen LogP contribution >= 0.6 is 0 Å². The van der Waals surface area contributed by atoms with E-state index in [2.05, 4.69) is 11.9 Å². The number of nitrogens with one attached hydrogen (secondary N) is 1. The van der Waals surface area contributed by atoms with Crippen molar-refractivity contribution in [1.29, 1.82) is 0 Å². The van der Waals surface area contributed by atoms with Gasteiger partial charge in [-0.1, -0.05) is 42.5 Å². The van der Waals surface area contributed by atoms with E-state index in [0.29, 0.717) is 22.7 Å². The lowest BCUT2D eigenvalue weighted by molar-refractivity contribution is -0.138. The van der Waals surface area contributed by atoms with Crippen LogP contribution in [-0.2, 0) is 23.6 Å². The molecular weight excluding hydrogens is 358 g/mol. The molecule has 1 aromatic carbocycles. The number of aromatic nitrogens is 2. The van der Waals surface area contributed by atoms with Crippen molar-refractivity contribution < 1.29 is 9.53 Å². The zero-order valence-electron chi connectivity index (χ0n) is 16.4. The summed E-state index contributed by atoms with van der Waals surface area (Å²) in [5, 5.41) is 3.06. The number of carbonyl (C=O) groups is 1. The Bertz CT molecular complexity index is 1120. The van der Waals surface area contributed by atoms with Gasteiger partial charge in [0.1, 0.15) is 12.4 Å². The molecule has 2 heterocycles. The van der Waals surface area contributed by atoms with Gasteiger partial charge in [-0.15, -0.1) is 0 Å². The van der Waals surface area contributed by atoms with Crippen molar-refractivity contribution in [3.05, 3.63) is 85.7 Å². The number of nitrogens with zero attached hydrogens (tertiary/aromatic N) is 2. The van der Waals surface area contributed by atoms with Crippen LogP contribution in [0.1, 0.15) is 29.5 Å². The van der Waals surface area contributed by atoms with Crippen LogP contribution < -0.4 is 16.6 Å². The van der Waals surface area contributed by atoms with Gasteiger partial charge in [-0.05, 0) is 19.4 Å². The summed E-state index contributed by atoms with van der Waals surface area (Å²) in [4.78, 5) is 38.3. The summed E-state index contributed by atoms with van der Waals surface area (Å²) in [6.45, 7) is 7.31. The first kappa shape index (κ1) is 19.4. The number of anilines is 1. The number of ether oxygens (including phenoxy) is 1. The summed E-state index contributed by atoms with van der Waals surface area (Å²) in [5.41, 5.74) is 2.11. The van der Waals surface area contributed by atoms with Gasteiger partial charge < -0.3 is 10.1 Å². The molecule has 0 fully saturated rings. The number of hydrogen-bond donors (Lipinski definition) is 1. The van der Waals surface area contributed by atoms with E-state index in [0.717, 1.165) is 15.7 Å². The molecule has 7 nitrogen and oxygen atoms in total. The molecule has 1 N–H and O–H groups in total. The molecule has 0 radical (unpaired) electrons. The molecule has 0 saturated carbocycles. The summed E-state index contributed by atoms with van der Waals surface area (Å²) in [5.74, 6) is -0.797. The molecule has 1 aromatic heterocycles. The number of esters is 1. The average molecular weight is 381 g/mol. The minimum Gasteiger partial charge on any atom is -0.458 e. The van der Waals surface area contributed by atoms with E-state index in [1.54, 1.807) is 14.0 Å². The van der Waals surface area contributed by atoms with Crippen molar-refractivity contribution in [2.24, 2.45) is 14.1 Å². The Hall–Kier alpha value is -3.35. The molecule has 0 amide bonds. The summed E-state index contributed by atoms with van der Waals surface area (Å²) in [6.07, 6.45) is 1.49. The Morgan fingerprint density at radius 1 is 1.25 bits per heavy atom. The van der Waals surface area contributed by atoms with Crippen LogP contribution in [0.25, 0.3) is 0 Å². The first-order chi connectivity index (χ1) is 13.3. The highest BCUT2D eigenvalue weighted by Crippen LogP contribution is 2.40. The summed E-state index contributed by atoms with van der Waals surface area (Å²) in [6, 6.07) is 7.61. The van der Waals surface area contributed by atoms with Crippen molar-refractivity contribution in [2.45, 2.75) is 19.8 Å². The monoisotopic (exact) mass is 381 g/mol. The molecule has 3 rings (SSSR count). The molecule has 1 aliphatic rings. The fraction of sp³-hybridized carbons (Fsp3) is 0.286. The molecule has 0 unspecified atom stereocenters. The molecule has 0 bridgehead atoms.